The van der Waals surface area contributed by atoms with Crippen molar-refractivity contribution in [2.75, 3.05) is 25.5 Å². The molecule has 0 unspecified atom stereocenters. The number of nitrogens with zero attached hydrogens (tertiary/aromatic N) is 4. The van der Waals surface area contributed by atoms with Gasteiger partial charge in [0.15, 0.2) is 5.82 Å². The number of piperidine rings is 1. The molecule has 0 aromatic carbocycles. The van der Waals surface area contributed by atoms with Crippen LogP contribution in [0.2, 0.25) is 0 Å². The molecular weight excluding hydrogens is 326 g/mol. The predicted molar refractivity (Wildman–Crippen MR) is 103 cm³/mol. The Bertz CT molecular complexity index is 770. The molecule has 0 aliphatic carbocycles. The fourth-order valence-electron chi connectivity index (χ4n) is 3.30. The van der Waals surface area contributed by atoms with Gasteiger partial charge < -0.3 is 10.2 Å². The van der Waals surface area contributed by atoms with Crippen molar-refractivity contribution in [3.8, 4) is 11.4 Å². The van der Waals surface area contributed by atoms with Crippen LogP contribution in [0.4, 0.5) is 5.82 Å². The van der Waals surface area contributed by atoms with Gasteiger partial charge in [0, 0.05) is 55.5 Å². The number of carbonyl (C=O) groups excluding carboxylic acids is 1. The second kappa shape index (κ2) is 7.40. The molecule has 2 aromatic rings. The molecule has 0 bridgehead atoms. The predicted octanol–water partition coefficient (Wildman–Crippen LogP) is 3.33. The van der Waals surface area contributed by atoms with Crippen molar-refractivity contribution in [1.29, 1.82) is 0 Å². The van der Waals surface area contributed by atoms with Crippen molar-refractivity contribution in [1.82, 2.24) is 19.9 Å². The van der Waals surface area contributed by atoms with Crippen molar-refractivity contribution in [2.24, 2.45) is 5.41 Å². The molecule has 1 aliphatic rings. The van der Waals surface area contributed by atoms with Crippen LogP contribution < -0.4 is 5.32 Å². The van der Waals surface area contributed by atoms with E-state index in [1.807, 2.05) is 50.9 Å². The molecule has 3 rings (SSSR count). The first-order valence-corrected chi connectivity index (χ1v) is 9.15. The van der Waals surface area contributed by atoms with Gasteiger partial charge in [0.25, 0.3) is 0 Å². The van der Waals surface area contributed by atoms with E-state index in [0.717, 1.165) is 36.5 Å². The first-order chi connectivity index (χ1) is 12.4. The molecule has 1 fully saturated rings. The SMILES string of the molecule is CNc1cc([C@H]2CCCN(C(=O)C(C)(C)C)C2)nc(-c2cccnc2)n1. The van der Waals surface area contributed by atoms with E-state index in [9.17, 15) is 4.79 Å². The number of hydrogen-bond acceptors (Lipinski definition) is 5. The number of aromatic nitrogens is 3. The second-order valence-corrected chi connectivity index (χ2v) is 7.83. The van der Waals surface area contributed by atoms with Gasteiger partial charge in [-0.15, -0.1) is 0 Å². The van der Waals surface area contributed by atoms with Gasteiger partial charge in [0.05, 0.1) is 5.69 Å². The lowest BCUT2D eigenvalue weighted by molar-refractivity contribution is -0.140. The number of carbonyl (C=O) groups is 1. The summed E-state index contributed by atoms with van der Waals surface area (Å²) in [5.41, 5.74) is 1.52. The molecule has 6 heteroatoms. The molecular formula is C20H27N5O. The van der Waals surface area contributed by atoms with E-state index in [0.29, 0.717) is 12.4 Å². The normalized spacial score (nSPS) is 17.8. The number of anilines is 1. The highest BCUT2D eigenvalue weighted by atomic mass is 16.2. The van der Waals surface area contributed by atoms with Crippen molar-refractivity contribution in [3.63, 3.8) is 0 Å². The third-order valence-corrected chi connectivity index (χ3v) is 4.69. The second-order valence-electron chi connectivity index (χ2n) is 7.83. The summed E-state index contributed by atoms with van der Waals surface area (Å²) in [7, 11) is 1.86. The van der Waals surface area contributed by atoms with Crippen LogP contribution in [0, 0.1) is 5.41 Å². The topological polar surface area (TPSA) is 71.0 Å². The Labute approximate surface area is 155 Å². The molecule has 0 radical (unpaired) electrons. The first-order valence-electron chi connectivity index (χ1n) is 9.15. The maximum Gasteiger partial charge on any atom is 0.227 e. The quantitative estimate of drug-likeness (QED) is 0.916. The highest BCUT2D eigenvalue weighted by Crippen LogP contribution is 2.30. The number of likely N-dealkylation sites (tertiary alicyclic amines) is 1. The number of pyridine rings is 1. The molecule has 1 N–H and O–H groups in total. The highest BCUT2D eigenvalue weighted by Gasteiger charge is 2.32. The summed E-state index contributed by atoms with van der Waals surface area (Å²) in [6.45, 7) is 7.46. The minimum atomic E-state index is -0.357. The molecule has 0 saturated carbocycles. The molecule has 138 valence electrons. The Morgan fingerprint density at radius 1 is 1.31 bits per heavy atom. The number of amides is 1. The molecule has 1 atom stereocenters. The van der Waals surface area contributed by atoms with E-state index < -0.39 is 0 Å². The Balaban J connectivity index is 1.89. The summed E-state index contributed by atoms with van der Waals surface area (Å²) in [5, 5.41) is 3.12. The van der Waals surface area contributed by atoms with Crippen LogP contribution in [0.3, 0.4) is 0 Å². The molecule has 3 heterocycles. The summed E-state index contributed by atoms with van der Waals surface area (Å²) in [4.78, 5) is 28.2. The van der Waals surface area contributed by atoms with Crippen molar-refractivity contribution in [3.05, 3.63) is 36.3 Å². The van der Waals surface area contributed by atoms with Crippen LogP contribution in [0.25, 0.3) is 11.4 Å². The minimum Gasteiger partial charge on any atom is -0.373 e. The van der Waals surface area contributed by atoms with Gasteiger partial charge in [0.1, 0.15) is 5.82 Å². The zero-order valence-corrected chi connectivity index (χ0v) is 16.0. The molecule has 2 aromatic heterocycles. The molecule has 1 amide bonds. The van der Waals surface area contributed by atoms with Gasteiger partial charge in [0.2, 0.25) is 5.91 Å². The number of hydrogen-bond donors (Lipinski definition) is 1. The van der Waals surface area contributed by atoms with Crippen molar-refractivity contribution in [2.45, 2.75) is 39.5 Å². The third kappa shape index (κ3) is 4.00. The summed E-state index contributed by atoms with van der Waals surface area (Å²) in [6.07, 6.45) is 5.53. The maximum absolute atomic E-state index is 12.7. The summed E-state index contributed by atoms with van der Waals surface area (Å²) < 4.78 is 0. The Morgan fingerprint density at radius 3 is 2.77 bits per heavy atom. The average molecular weight is 353 g/mol. The standard InChI is InChI=1S/C20H27N5O/c1-20(2,3)19(26)25-10-6-8-15(13-25)16-11-17(21-4)24-18(23-16)14-7-5-9-22-12-14/h5,7,9,11-12,15H,6,8,10,13H2,1-4H3,(H,21,23,24)/t15-/m0/s1. The van der Waals surface area contributed by atoms with Crippen LogP contribution in [0.1, 0.15) is 45.2 Å². The van der Waals surface area contributed by atoms with Gasteiger partial charge in [-0.1, -0.05) is 20.8 Å². The molecule has 26 heavy (non-hydrogen) atoms. The summed E-state index contributed by atoms with van der Waals surface area (Å²) in [6, 6.07) is 5.84. The van der Waals surface area contributed by atoms with Crippen LogP contribution in [0.5, 0.6) is 0 Å². The minimum absolute atomic E-state index is 0.206. The Morgan fingerprint density at radius 2 is 2.12 bits per heavy atom. The zero-order valence-electron chi connectivity index (χ0n) is 16.0. The van der Waals surface area contributed by atoms with Crippen LogP contribution >= 0.6 is 0 Å². The lowest BCUT2D eigenvalue weighted by Crippen LogP contribution is -2.44. The fraction of sp³-hybridized carbons (Fsp3) is 0.500. The summed E-state index contributed by atoms with van der Waals surface area (Å²) >= 11 is 0. The third-order valence-electron chi connectivity index (χ3n) is 4.69. The zero-order chi connectivity index (χ0) is 18.7. The van der Waals surface area contributed by atoms with Gasteiger partial charge in [-0.3, -0.25) is 9.78 Å². The first kappa shape index (κ1) is 18.3. The number of rotatable bonds is 3. The van der Waals surface area contributed by atoms with Gasteiger partial charge >= 0.3 is 0 Å². The van der Waals surface area contributed by atoms with E-state index in [4.69, 9.17) is 4.98 Å². The van der Waals surface area contributed by atoms with E-state index in [-0.39, 0.29) is 17.2 Å². The van der Waals surface area contributed by atoms with E-state index in [2.05, 4.69) is 15.3 Å². The van der Waals surface area contributed by atoms with E-state index in [1.54, 1.807) is 12.4 Å². The van der Waals surface area contributed by atoms with Crippen molar-refractivity contribution < 1.29 is 4.79 Å². The Kier molecular flexibility index (Phi) is 5.20. The molecule has 6 nitrogen and oxygen atoms in total. The lowest BCUT2D eigenvalue weighted by Gasteiger charge is -2.36. The number of nitrogens with one attached hydrogen (secondary N) is 1. The largest absolute Gasteiger partial charge is 0.373 e. The fourth-order valence-corrected chi connectivity index (χ4v) is 3.30. The lowest BCUT2D eigenvalue weighted by atomic mass is 9.90. The van der Waals surface area contributed by atoms with Crippen molar-refractivity contribution >= 4 is 11.7 Å². The monoisotopic (exact) mass is 353 g/mol. The Hall–Kier alpha value is -2.50. The molecule has 1 saturated heterocycles. The molecule has 1 aliphatic heterocycles. The van der Waals surface area contributed by atoms with Gasteiger partial charge in [-0.2, -0.15) is 0 Å². The van der Waals surface area contributed by atoms with Crippen LogP contribution in [0.15, 0.2) is 30.6 Å². The van der Waals surface area contributed by atoms with E-state index >= 15 is 0 Å². The summed E-state index contributed by atoms with van der Waals surface area (Å²) in [5.74, 6) is 1.88. The highest BCUT2D eigenvalue weighted by molar-refractivity contribution is 5.81. The maximum atomic E-state index is 12.7. The van der Waals surface area contributed by atoms with Gasteiger partial charge in [-0.05, 0) is 25.0 Å². The van der Waals surface area contributed by atoms with Crippen LogP contribution in [-0.2, 0) is 4.79 Å². The van der Waals surface area contributed by atoms with Crippen LogP contribution in [-0.4, -0.2) is 45.9 Å². The molecule has 0 spiro atoms. The average Bonchev–Trinajstić information content (AvgIpc) is 2.67. The van der Waals surface area contributed by atoms with E-state index in [1.165, 1.54) is 0 Å². The smallest absolute Gasteiger partial charge is 0.227 e. The van der Waals surface area contributed by atoms with Gasteiger partial charge in [-0.25, -0.2) is 9.97 Å².